The lowest BCUT2D eigenvalue weighted by Gasteiger charge is -2.10. The number of hydrogen-bond acceptors (Lipinski definition) is 5. The molecule has 0 aliphatic rings. The number of aliphatic carboxylic acids is 1. The zero-order valence-electron chi connectivity index (χ0n) is 13.6. The van der Waals surface area contributed by atoms with Crippen molar-refractivity contribution in [3.63, 3.8) is 0 Å². The summed E-state index contributed by atoms with van der Waals surface area (Å²) in [4.78, 5) is 22.1. The Labute approximate surface area is 146 Å². The third kappa shape index (κ3) is 7.80. The molecule has 7 nitrogen and oxygen atoms in total. The molecule has 134 valence electrons. The number of hydrogen-bond donors (Lipinski definition) is 3. The Balaban J connectivity index is 2.50. The van der Waals surface area contributed by atoms with Gasteiger partial charge in [-0.25, -0.2) is 13.1 Å². The summed E-state index contributed by atoms with van der Waals surface area (Å²) in [5.74, 6) is -1.07. The fourth-order valence-corrected chi connectivity index (χ4v) is 3.41. The molecule has 0 saturated carbocycles. The first-order valence-electron chi connectivity index (χ1n) is 7.35. The maximum atomic E-state index is 12.1. The second kappa shape index (κ2) is 9.65. The van der Waals surface area contributed by atoms with Crippen LogP contribution >= 0.6 is 11.8 Å². The largest absolute Gasteiger partial charge is 0.481 e. The Morgan fingerprint density at radius 1 is 1.17 bits per heavy atom. The van der Waals surface area contributed by atoms with Crippen LogP contribution < -0.4 is 10.0 Å². The maximum Gasteiger partial charge on any atom is 0.313 e. The molecule has 24 heavy (non-hydrogen) atoms. The van der Waals surface area contributed by atoms with E-state index in [9.17, 15) is 18.0 Å². The van der Waals surface area contributed by atoms with Gasteiger partial charge in [-0.3, -0.25) is 9.59 Å². The molecule has 0 spiro atoms. The minimum atomic E-state index is -3.52. The van der Waals surface area contributed by atoms with Gasteiger partial charge >= 0.3 is 5.97 Å². The summed E-state index contributed by atoms with van der Waals surface area (Å²) in [6.45, 7) is 4.46. The van der Waals surface area contributed by atoms with Gasteiger partial charge in [0.1, 0.15) is 0 Å². The highest BCUT2D eigenvalue weighted by Crippen LogP contribution is 2.11. The third-order valence-electron chi connectivity index (χ3n) is 2.86. The third-order valence-corrected chi connectivity index (χ3v) is 5.22. The quantitative estimate of drug-likeness (QED) is 0.564. The van der Waals surface area contributed by atoms with Crippen molar-refractivity contribution in [3.05, 3.63) is 29.8 Å². The molecule has 1 aromatic carbocycles. The molecule has 1 amide bonds. The van der Waals surface area contributed by atoms with Crippen molar-refractivity contribution in [2.75, 3.05) is 18.1 Å². The van der Waals surface area contributed by atoms with Crippen molar-refractivity contribution >= 4 is 33.7 Å². The molecule has 0 saturated heterocycles. The van der Waals surface area contributed by atoms with E-state index < -0.39 is 16.0 Å². The molecule has 0 bridgehead atoms. The van der Waals surface area contributed by atoms with Crippen LogP contribution in [0.5, 0.6) is 0 Å². The zero-order valence-corrected chi connectivity index (χ0v) is 15.2. The topological polar surface area (TPSA) is 113 Å². The summed E-state index contributed by atoms with van der Waals surface area (Å²) in [5.41, 5.74) is 0.759. The number of carboxylic acid groups (broad SMARTS) is 1. The molecular formula is C15H22N2O5S2. The molecule has 0 unspecified atom stereocenters. The molecule has 0 aromatic heterocycles. The number of amides is 1. The molecule has 1 rings (SSSR count). The van der Waals surface area contributed by atoms with Crippen LogP contribution in [0.4, 0.5) is 0 Å². The Bertz CT molecular complexity index is 657. The van der Waals surface area contributed by atoms with Crippen molar-refractivity contribution < 1.29 is 23.1 Å². The Hall–Kier alpha value is -1.58. The van der Waals surface area contributed by atoms with Crippen molar-refractivity contribution in [2.45, 2.75) is 25.3 Å². The van der Waals surface area contributed by atoms with Crippen molar-refractivity contribution in [1.82, 2.24) is 10.0 Å². The molecule has 9 heteroatoms. The summed E-state index contributed by atoms with van der Waals surface area (Å²) in [7, 11) is -3.52. The normalized spacial score (nSPS) is 11.5. The Morgan fingerprint density at radius 2 is 1.79 bits per heavy atom. The van der Waals surface area contributed by atoms with Crippen molar-refractivity contribution in [3.8, 4) is 0 Å². The Kier molecular flexibility index (Phi) is 8.23. The molecular weight excluding hydrogens is 352 g/mol. The van der Waals surface area contributed by atoms with Crippen LogP contribution in [0.3, 0.4) is 0 Å². The summed E-state index contributed by atoms with van der Waals surface area (Å²) >= 11 is 1.02. The highest BCUT2D eigenvalue weighted by molar-refractivity contribution is 8.00. The monoisotopic (exact) mass is 374 g/mol. The van der Waals surface area contributed by atoms with E-state index in [0.717, 1.165) is 17.3 Å². The highest BCUT2D eigenvalue weighted by atomic mass is 32.2. The summed E-state index contributed by atoms with van der Waals surface area (Å²) in [5, 5.41) is 11.1. The van der Waals surface area contributed by atoms with Gasteiger partial charge in [0.05, 0.1) is 16.4 Å². The van der Waals surface area contributed by atoms with E-state index >= 15 is 0 Å². The first-order chi connectivity index (χ1) is 11.2. The fraction of sp³-hybridized carbons (Fsp3) is 0.467. The summed E-state index contributed by atoms with van der Waals surface area (Å²) < 4.78 is 26.6. The van der Waals surface area contributed by atoms with Gasteiger partial charge < -0.3 is 10.4 Å². The first kappa shape index (κ1) is 20.5. The Morgan fingerprint density at radius 3 is 2.33 bits per heavy atom. The standard InChI is InChI=1S/C15H22N2O5S2/c1-11(2)7-17-24(21,22)13-5-3-12(4-6-13)8-16-14(18)9-23-10-15(19)20/h3-6,11,17H,7-10H2,1-2H3,(H,16,18)(H,19,20). The van der Waals surface area contributed by atoms with Gasteiger partial charge in [-0.2, -0.15) is 0 Å². The average Bonchev–Trinajstić information content (AvgIpc) is 2.51. The number of carbonyl (C=O) groups excluding carboxylic acids is 1. The van der Waals surface area contributed by atoms with E-state index in [2.05, 4.69) is 10.0 Å². The van der Waals surface area contributed by atoms with Gasteiger partial charge in [0, 0.05) is 13.1 Å². The lowest BCUT2D eigenvalue weighted by Crippen LogP contribution is -2.27. The summed E-state index contributed by atoms with van der Waals surface area (Å²) in [6.07, 6.45) is 0. The zero-order chi connectivity index (χ0) is 18.2. The van der Waals surface area contributed by atoms with Crippen LogP contribution in [0.1, 0.15) is 19.4 Å². The molecule has 0 fully saturated rings. The molecule has 0 aliphatic heterocycles. The van der Waals surface area contributed by atoms with Crippen LogP contribution in [0.2, 0.25) is 0 Å². The van der Waals surface area contributed by atoms with Gasteiger partial charge in [-0.15, -0.1) is 11.8 Å². The van der Waals surface area contributed by atoms with Crippen molar-refractivity contribution in [2.24, 2.45) is 5.92 Å². The first-order valence-corrected chi connectivity index (χ1v) is 9.99. The van der Waals surface area contributed by atoms with Gasteiger partial charge in [0.2, 0.25) is 15.9 Å². The van der Waals surface area contributed by atoms with Gasteiger partial charge in [0.25, 0.3) is 0 Å². The lowest BCUT2D eigenvalue weighted by atomic mass is 10.2. The second-order valence-electron chi connectivity index (χ2n) is 5.55. The number of sulfonamides is 1. The number of rotatable bonds is 10. The van der Waals surface area contributed by atoms with Gasteiger partial charge in [-0.1, -0.05) is 26.0 Å². The number of carbonyl (C=O) groups is 2. The number of carboxylic acids is 1. The van der Waals surface area contributed by atoms with Crippen LogP contribution in [0, 0.1) is 5.92 Å². The SMILES string of the molecule is CC(C)CNS(=O)(=O)c1ccc(CNC(=O)CSCC(=O)O)cc1. The highest BCUT2D eigenvalue weighted by Gasteiger charge is 2.14. The lowest BCUT2D eigenvalue weighted by molar-refractivity contribution is -0.133. The molecule has 0 heterocycles. The maximum absolute atomic E-state index is 12.1. The van der Waals surface area contributed by atoms with E-state index in [4.69, 9.17) is 5.11 Å². The molecule has 1 aromatic rings. The van der Waals surface area contributed by atoms with Gasteiger partial charge in [0.15, 0.2) is 0 Å². The summed E-state index contributed by atoms with van der Waals surface area (Å²) in [6, 6.07) is 6.25. The number of benzene rings is 1. The predicted molar refractivity (Wildman–Crippen MR) is 93.3 cm³/mol. The van der Waals surface area contributed by atoms with Crippen LogP contribution in [0.15, 0.2) is 29.2 Å². The van der Waals surface area contributed by atoms with E-state index in [1.807, 2.05) is 13.8 Å². The molecule has 3 N–H and O–H groups in total. The smallest absolute Gasteiger partial charge is 0.313 e. The van der Waals surface area contributed by atoms with E-state index in [1.165, 1.54) is 12.1 Å². The minimum Gasteiger partial charge on any atom is -0.481 e. The predicted octanol–water partition coefficient (Wildman–Crippen LogP) is 1.05. The fourth-order valence-electron chi connectivity index (χ4n) is 1.63. The molecule has 0 atom stereocenters. The molecule has 0 aliphatic carbocycles. The number of thioether (sulfide) groups is 1. The van der Waals surface area contributed by atoms with E-state index in [0.29, 0.717) is 6.54 Å². The van der Waals surface area contributed by atoms with Gasteiger partial charge in [-0.05, 0) is 23.6 Å². The van der Waals surface area contributed by atoms with E-state index in [1.54, 1.807) is 12.1 Å². The van der Waals surface area contributed by atoms with Crippen LogP contribution in [0.25, 0.3) is 0 Å². The van der Waals surface area contributed by atoms with Crippen molar-refractivity contribution in [1.29, 1.82) is 0 Å². The number of nitrogens with one attached hydrogen (secondary N) is 2. The second-order valence-corrected chi connectivity index (χ2v) is 8.31. The molecule has 0 radical (unpaired) electrons. The van der Waals surface area contributed by atoms with Crippen LogP contribution in [-0.4, -0.2) is 43.5 Å². The van der Waals surface area contributed by atoms with Crippen LogP contribution in [-0.2, 0) is 26.2 Å². The van der Waals surface area contributed by atoms with E-state index in [-0.39, 0.29) is 34.8 Å². The average molecular weight is 374 g/mol. The minimum absolute atomic E-state index is 0.0673.